The van der Waals surface area contributed by atoms with Crippen LogP contribution in [-0.4, -0.2) is 16.9 Å². The van der Waals surface area contributed by atoms with Crippen molar-refractivity contribution in [2.75, 3.05) is 7.11 Å². The van der Waals surface area contributed by atoms with Gasteiger partial charge in [-0.1, -0.05) is 11.6 Å². The molecular weight excluding hydrogens is 262 g/mol. The predicted molar refractivity (Wildman–Crippen MR) is 76.5 cm³/mol. The van der Waals surface area contributed by atoms with Gasteiger partial charge in [0.25, 0.3) is 0 Å². The Morgan fingerprint density at radius 1 is 1.42 bits per heavy atom. The van der Waals surface area contributed by atoms with Crippen LogP contribution in [0.3, 0.4) is 0 Å². The molecule has 1 heterocycles. The van der Waals surface area contributed by atoms with E-state index in [0.717, 1.165) is 29.8 Å². The first kappa shape index (κ1) is 13.9. The molecule has 0 aliphatic carbocycles. The molecule has 4 nitrogen and oxygen atoms in total. The molecule has 0 saturated heterocycles. The number of halogens is 1. The molecular formula is C14H18ClN3O. The summed E-state index contributed by atoms with van der Waals surface area (Å²) >= 11 is 6.02. The summed E-state index contributed by atoms with van der Waals surface area (Å²) in [4.78, 5) is 0. The summed E-state index contributed by atoms with van der Waals surface area (Å²) in [6, 6.07) is 7.42. The predicted octanol–water partition coefficient (Wildman–Crippen LogP) is 2.71. The fourth-order valence-electron chi connectivity index (χ4n) is 2.10. The monoisotopic (exact) mass is 279 g/mol. The largest absolute Gasteiger partial charge is 0.496 e. The minimum absolute atomic E-state index is 0.108. The van der Waals surface area contributed by atoms with E-state index in [2.05, 4.69) is 5.10 Å². The molecule has 1 aromatic heterocycles. The molecule has 1 atom stereocenters. The maximum absolute atomic E-state index is 6.24. The zero-order valence-electron chi connectivity index (χ0n) is 11.1. The highest BCUT2D eigenvalue weighted by molar-refractivity contribution is 6.30. The number of aromatic nitrogens is 2. The number of ether oxygens (including phenoxy) is 1. The van der Waals surface area contributed by atoms with Crippen LogP contribution in [0.1, 0.15) is 23.7 Å². The Kier molecular flexibility index (Phi) is 4.45. The lowest BCUT2D eigenvalue weighted by Gasteiger charge is -2.16. The first-order chi connectivity index (χ1) is 9.11. The van der Waals surface area contributed by atoms with E-state index in [-0.39, 0.29) is 6.04 Å². The fraction of sp³-hybridized carbons (Fsp3) is 0.357. The first-order valence-electron chi connectivity index (χ1n) is 6.17. The van der Waals surface area contributed by atoms with Gasteiger partial charge in [-0.15, -0.1) is 0 Å². The van der Waals surface area contributed by atoms with Crippen LogP contribution >= 0.6 is 11.6 Å². The molecule has 5 heteroatoms. The van der Waals surface area contributed by atoms with Crippen molar-refractivity contribution in [3.05, 3.63) is 46.7 Å². The number of rotatable bonds is 5. The van der Waals surface area contributed by atoms with Gasteiger partial charge in [0.2, 0.25) is 0 Å². The maximum Gasteiger partial charge on any atom is 0.123 e. The summed E-state index contributed by atoms with van der Waals surface area (Å²) in [7, 11) is 3.57. The molecule has 1 unspecified atom stereocenters. The second-order valence-electron chi connectivity index (χ2n) is 4.48. The average molecular weight is 280 g/mol. The van der Waals surface area contributed by atoms with Crippen LogP contribution in [0, 0.1) is 0 Å². The van der Waals surface area contributed by atoms with Gasteiger partial charge >= 0.3 is 0 Å². The molecule has 0 amide bonds. The van der Waals surface area contributed by atoms with E-state index in [1.165, 1.54) is 0 Å². The van der Waals surface area contributed by atoms with Crippen molar-refractivity contribution in [2.45, 2.75) is 18.9 Å². The van der Waals surface area contributed by atoms with Gasteiger partial charge in [0.15, 0.2) is 0 Å². The van der Waals surface area contributed by atoms with E-state index in [1.807, 2.05) is 29.9 Å². The summed E-state index contributed by atoms with van der Waals surface area (Å²) in [6.07, 6.45) is 3.48. The minimum atomic E-state index is -0.108. The third kappa shape index (κ3) is 3.28. The van der Waals surface area contributed by atoms with Crippen molar-refractivity contribution in [3.63, 3.8) is 0 Å². The lowest BCUT2D eigenvalue weighted by Crippen LogP contribution is -2.13. The van der Waals surface area contributed by atoms with Gasteiger partial charge in [0.05, 0.1) is 7.11 Å². The molecule has 0 fully saturated rings. The van der Waals surface area contributed by atoms with Crippen molar-refractivity contribution in [3.8, 4) is 5.75 Å². The number of hydrogen-bond donors (Lipinski definition) is 1. The lowest BCUT2D eigenvalue weighted by atomic mass is 10.0. The summed E-state index contributed by atoms with van der Waals surface area (Å²) in [5.74, 6) is 0.780. The van der Waals surface area contributed by atoms with Crippen LogP contribution in [0.25, 0.3) is 0 Å². The van der Waals surface area contributed by atoms with Crippen LogP contribution < -0.4 is 10.5 Å². The quantitative estimate of drug-likeness (QED) is 0.916. The molecule has 0 bridgehead atoms. The van der Waals surface area contributed by atoms with Crippen LogP contribution in [0.2, 0.25) is 5.02 Å². The van der Waals surface area contributed by atoms with Gasteiger partial charge in [-0.05, 0) is 37.1 Å². The number of benzene rings is 1. The van der Waals surface area contributed by atoms with Gasteiger partial charge in [0.1, 0.15) is 5.75 Å². The zero-order valence-corrected chi connectivity index (χ0v) is 11.9. The number of nitrogens with two attached hydrogens (primary N) is 1. The standard InChI is InChI=1S/C14H18ClN3O/c1-18-11(7-8-17-18)4-5-13(16)12-9-10(15)3-6-14(12)19-2/h3,6-9,13H,4-5,16H2,1-2H3. The molecule has 0 aliphatic heterocycles. The van der Waals surface area contributed by atoms with Gasteiger partial charge < -0.3 is 10.5 Å². The van der Waals surface area contributed by atoms with Crippen LogP contribution in [-0.2, 0) is 13.5 Å². The van der Waals surface area contributed by atoms with Gasteiger partial charge in [-0.3, -0.25) is 4.68 Å². The molecule has 2 aromatic rings. The average Bonchev–Trinajstić information content (AvgIpc) is 2.81. The SMILES string of the molecule is COc1ccc(Cl)cc1C(N)CCc1ccnn1C. The van der Waals surface area contributed by atoms with Gasteiger partial charge in [0, 0.05) is 35.6 Å². The zero-order chi connectivity index (χ0) is 13.8. The number of nitrogens with zero attached hydrogens (tertiary/aromatic N) is 2. The van der Waals surface area contributed by atoms with Crippen LogP contribution in [0.4, 0.5) is 0 Å². The smallest absolute Gasteiger partial charge is 0.123 e. The second-order valence-corrected chi connectivity index (χ2v) is 4.91. The minimum Gasteiger partial charge on any atom is -0.496 e. The lowest BCUT2D eigenvalue weighted by molar-refractivity contribution is 0.404. The van der Waals surface area contributed by atoms with Crippen molar-refractivity contribution in [2.24, 2.45) is 12.8 Å². The molecule has 0 aliphatic rings. The summed E-state index contributed by atoms with van der Waals surface area (Å²) in [5.41, 5.74) is 8.34. The highest BCUT2D eigenvalue weighted by Gasteiger charge is 2.13. The molecule has 0 radical (unpaired) electrons. The topological polar surface area (TPSA) is 53.1 Å². The Morgan fingerprint density at radius 3 is 2.84 bits per heavy atom. The first-order valence-corrected chi connectivity index (χ1v) is 6.55. The van der Waals surface area contributed by atoms with E-state index >= 15 is 0 Å². The molecule has 2 rings (SSSR count). The molecule has 1 aromatic carbocycles. The normalized spacial score (nSPS) is 12.4. The van der Waals surface area contributed by atoms with E-state index < -0.39 is 0 Å². The third-order valence-corrected chi connectivity index (χ3v) is 3.46. The second kappa shape index (κ2) is 6.08. The van der Waals surface area contributed by atoms with Crippen molar-refractivity contribution < 1.29 is 4.74 Å². The Morgan fingerprint density at radius 2 is 2.21 bits per heavy atom. The summed E-state index contributed by atoms with van der Waals surface area (Å²) < 4.78 is 7.19. The van der Waals surface area contributed by atoms with E-state index in [4.69, 9.17) is 22.1 Å². The third-order valence-electron chi connectivity index (χ3n) is 3.23. The Labute approximate surface area is 118 Å². The maximum atomic E-state index is 6.24. The van der Waals surface area contributed by atoms with Crippen molar-refractivity contribution >= 4 is 11.6 Å². The Bertz CT molecular complexity index is 553. The molecule has 2 N–H and O–H groups in total. The Hall–Kier alpha value is -1.52. The van der Waals surface area contributed by atoms with Crippen molar-refractivity contribution in [1.82, 2.24) is 9.78 Å². The van der Waals surface area contributed by atoms with E-state index in [9.17, 15) is 0 Å². The number of hydrogen-bond acceptors (Lipinski definition) is 3. The van der Waals surface area contributed by atoms with Gasteiger partial charge in [-0.2, -0.15) is 5.10 Å². The van der Waals surface area contributed by atoms with Crippen molar-refractivity contribution in [1.29, 1.82) is 0 Å². The Balaban J connectivity index is 2.09. The van der Waals surface area contributed by atoms with E-state index in [1.54, 1.807) is 19.4 Å². The number of methoxy groups -OCH3 is 1. The summed E-state index contributed by atoms with van der Waals surface area (Å²) in [6.45, 7) is 0. The van der Waals surface area contributed by atoms with E-state index in [0.29, 0.717) is 5.02 Å². The molecule has 19 heavy (non-hydrogen) atoms. The molecule has 0 spiro atoms. The van der Waals surface area contributed by atoms with Crippen LogP contribution in [0.15, 0.2) is 30.5 Å². The highest BCUT2D eigenvalue weighted by Crippen LogP contribution is 2.29. The van der Waals surface area contributed by atoms with Crippen LogP contribution in [0.5, 0.6) is 5.75 Å². The van der Waals surface area contributed by atoms with Gasteiger partial charge in [-0.25, -0.2) is 0 Å². The summed E-state index contributed by atoms with van der Waals surface area (Å²) in [5, 5.41) is 4.82. The number of aryl methyl sites for hydroxylation is 2. The molecule has 102 valence electrons. The fourth-order valence-corrected chi connectivity index (χ4v) is 2.28. The molecule has 0 saturated carbocycles. The highest BCUT2D eigenvalue weighted by atomic mass is 35.5.